The summed E-state index contributed by atoms with van der Waals surface area (Å²) >= 11 is 3.36. The number of hydrogen-bond donors (Lipinski definition) is 1. The Hall–Kier alpha value is -0.380. The van der Waals surface area contributed by atoms with Crippen LogP contribution in [0.5, 0.6) is 0 Å². The lowest BCUT2D eigenvalue weighted by Crippen LogP contribution is -1.86. The van der Waals surface area contributed by atoms with E-state index in [4.69, 9.17) is 0 Å². The molecule has 1 aromatic rings. The summed E-state index contributed by atoms with van der Waals surface area (Å²) in [5.41, 5.74) is 1.38. The van der Waals surface area contributed by atoms with Crippen LogP contribution in [0, 0.1) is 0 Å². The van der Waals surface area contributed by atoms with Crippen molar-refractivity contribution in [3.8, 4) is 0 Å². The number of hydrogen-bond acceptors (Lipinski definition) is 3. The summed E-state index contributed by atoms with van der Waals surface area (Å²) in [6.07, 6.45) is 1.05. The maximum Gasteiger partial charge on any atom is 0.0132 e. The molecule has 1 aromatic carbocycles. The standard InChI is InChI=1S/C9H9NS2/c1-2-4-8(5-3-1)6-9-7-11-10-12-9/h1-5,7,10H,6H2. The van der Waals surface area contributed by atoms with Crippen LogP contribution >= 0.6 is 23.9 Å². The maximum absolute atomic E-state index is 3.13. The summed E-state index contributed by atoms with van der Waals surface area (Å²) in [5, 5.41) is 2.16. The van der Waals surface area contributed by atoms with Gasteiger partial charge in [0, 0.05) is 11.3 Å². The van der Waals surface area contributed by atoms with Crippen LogP contribution in [0.1, 0.15) is 5.56 Å². The summed E-state index contributed by atoms with van der Waals surface area (Å²) in [4.78, 5) is 1.39. The second-order valence-corrected chi connectivity index (χ2v) is 4.42. The topological polar surface area (TPSA) is 12.0 Å². The van der Waals surface area contributed by atoms with Crippen LogP contribution in [0.2, 0.25) is 0 Å². The first-order valence-electron chi connectivity index (χ1n) is 3.75. The molecule has 0 amide bonds. The predicted octanol–water partition coefficient (Wildman–Crippen LogP) is 2.97. The molecule has 0 radical (unpaired) electrons. The Morgan fingerprint density at radius 3 is 2.67 bits per heavy atom. The third-order valence-corrected chi connectivity index (χ3v) is 3.43. The van der Waals surface area contributed by atoms with Gasteiger partial charge in [0.1, 0.15) is 0 Å². The van der Waals surface area contributed by atoms with E-state index in [9.17, 15) is 0 Å². The van der Waals surface area contributed by atoms with Crippen molar-refractivity contribution in [3.63, 3.8) is 0 Å². The molecule has 3 heteroatoms. The van der Waals surface area contributed by atoms with Crippen molar-refractivity contribution in [2.24, 2.45) is 0 Å². The van der Waals surface area contributed by atoms with E-state index in [0.717, 1.165) is 6.42 Å². The van der Waals surface area contributed by atoms with E-state index in [0.29, 0.717) is 0 Å². The fourth-order valence-electron chi connectivity index (χ4n) is 1.07. The van der Waals surface area contributed by atoms with Gasteiger partial charge in [-0.15, -0.1) is 0 Å². The van der Waals surface area contributed by atoms with Gasteiger partial charge in [-0.25, -0.2) is 4.13 Å². The number of rotatable bonds is 2. The van der Waals surface area contributed by atoms with Crippen molar-refractivity contribution in [2.45, 2.75) is 6.42 Å². The number of allylic oxidation sites excluding steroid dienone is 1. The van der Waals surface area contributed by atoms with E-state index >= 15 is 0 Å². The van der Waals surface area contributed by atoms with E-state index in [1.165, 1.54) is 10.5 Å². The molecule has 0 fully saturated rings. The molecular weight excluding hydrogens is 186 g/mol. The van der Waals surface area contributed by atoms with E-state index in [-0.39, 0.29) is 0 Å². The first-order chi connectivity index (χ1) is 5.95. The fraction of sp³-hybridized carbons (Fsp3) is 0.111. The summed E-state index contributed by atoms with van der Waals surface area (Å²) < 4.78 is 3.13. The third-order valence-electron chi connectivity index (χ3n) is 1.63. The first kappa shape index (κ1) is 8.23. The number of nitrogens with one attached hydrogen (secondary N) is 1. The Morgan fingerprint density at radius 1 is 1.17 bits per heavy atom. The zero-order valence-corrected chi connectivity index (χ0v) is 8.12. The molecule has 0 unspecified atom stereocenters. The minimum Gasteiger partial charge on any atom is -0.200 e. The predicted molar refractivity (Wildman–Crippen MR) is 56.5 cm³/mol. The minimum absolute atomic E-state index is 1.05. The molecule has 0 aromatic heterocycles. The fourth-order valence-corrected chi connectivity index (χ4v) is 2.67. The van der Waals surface area contributed by atoms with Crippen molar-refractivity contribution in [1.82, 2.24) is 4.13 Å². The van der Waals surface area contributed by atoms with Gasteiger partial charge in [-0.2, -0.15) is 0 Å². The Morgan fingerprint density at radius 2 is 2.00 bits per heavy atom. The van der Waals surface area contributed by atoms with Gasteiger partial charge in [0.05, 0.1) is 0 Å². The Bertz CT molecular complexity index is 282. The largest absolute Gasteiger partial charge is 0.200 e. The van der Waals surface area contributed by atoms with Crippen molar-refractivity contribution in [2.75, 3.05) is 0 Å². The zero-order valence-electron chi connectivity index (χ0n) is 6.49. The SMILES string of the molecule is C1=C(Cc2ccccc2)SNS1. The zero-order chi connectivity index (χ0) is 8.23. The molecule has 1 aliphatic heterocycles. The van der Waals surface area contributed by atoms with Gasteiger partial charge in [-0.3, -0.25) is 0 Å². The molecule has 2 rings (SSSR count). The Balaban J connectivity index is 2.04. The second-order valence-electron chi connectivity index (χ2n) is 2.55. The maximum atomic E-state index is 3.13. The highest BCUT2D eigenvalue weighted by Gasteiger charge is 2.05. The lowest BCUT2D eigenvalue weighted by molar-refractivity contribution is 1.25. The Labute approximate surface area is 80.9 Å². The van der Waals surface area contributed by atoms with Crippen LogP contribution in [0.25, 0.3) is 0 Å². The molecule has 1 N–H and O–H groups in total. The van der Waals surface area contributed by atoms with Gasteiger partial charge in [-0.05, 0) is 34.9 Å². The monoisotopic (exact) mass is 195 g/mol. The van der Waals surface area contributed by atoms with Crippen molar-refractivity contribution in [1.29, 1.82) is 0 Å². The van der Waals surface area contributed by atoms with Crippen molar-refractivity contribution in [3.05, 3.63) is 46.2 Å². The van der Waals surface area contributed by atoms with E-state index < -0.39 is 0 Å². The molecule has 1 nitrogen and oxygen atoms in total. The average Bonchev–Trinajstić information content (AvgIpc) is 2.59. The molecule has 0 aliphatic carbocycles. The van der Waals surface area contributed by atoms with Gasteiger partial charge in [0.2, 0.25) is 0 Å². The third kappa shape index (κ3) is 2.06. The minimum atomic E-state index is 1.05. The van der Waals surface area contributed by atoms with E-state index in [1.54, 1.807) is 23.9 Å². The highest BCUT2D eigenvalue weighted by molar-refractivity contribution is 8.18. The number of benzene rings is 1. The van der Waals surface area contributed by atoms with Crippen LogP contribution in [-0.2, 0) is 6.42 Å². The highest BCUT2D eigenvalue weighted by atomic mass is 32.2. The lowest BCUT2D eigenvalue weighted by Gasteiger charge is -1.99. The van der Waals surface area contributed by atoms with Gasteiger partial charge in [0.25, 0.3) is 0 Å². The summed E-state index contributed by atoms with van der Waals surface area (Å²) in [6, 6.07) is 10.5. The van der Waals surface area contributed by atoms with Crippen LogP contribution in [-0.4, -0.2) is 0 Å². The average molecular weight is 195 g/mol. The van der Waals surface area contributed by atoms with Crippen LogP contribution in [0.4, 0.5) is 0 Å². The smallest absolute Gasteiger partial charge is 0.0132 e. The second kappa shape index (κ2) is 4.03. The quantitative estimate of drug-likeness (QED) is 0.729. The van der Waals surface area contributed by atoms with Crippen molar-refractivity contribution >= 4 is 23.9 Å². The lowest BCUT2D eigenvalue weighted by atomic mass is 10.1. The molecule has 12 heavy (non-hydrogen) atoms. The normalized spacial score (nSPS) is 16.2. The van der Waals surface area contributed by atoms with Gasteiger partial charge in [0.15, 0.2) is 0 Å². The summed E-state index contributed by atoms with van der Waals surface area (Å²) in [5.74, 6) is 0. The molecular formula is C9H9NS2. The molecule has 0 spiro atoms. The van der Waals surface area contributed by atoms with Crippen molar-refractivity contribution < 1.29 is 0 Å². The summed E-state index contributed by atoms with van der Waals surface area (Å²) in [6.45, 7) is 0. The van der Waals surface area contributed by atoms with Crippen LogP contribution in [0.15, 0.2) is 40.6 Å². The highest BCUT2D eigenvalue weighted by Crippen LogP contribution is 2.28. The molecule has 1 aliphatic rings. The first-order valence-corrected chi connectivity index (χ1v) is 5.45. The van der Waals surface area contributed by atoms with Gasteiger partial charge < -0.3 is 0 Å². The Kier molecular flexibility index (Phi) is 2.76. The van der Waals surface area contributed by atoms with E-state index in [1.807, 2.05) is 6.07 Å². The van der Waals surface area contributed by atoms with Gasteiger partial charge in [-0.1, -0.05) is 30.3 Å². The molecule has 1 heterocycles. The van der Waals surface area contributed by atoms with Crippen LogP contribution < -0.4 is 4.13 Å². The molecule has 0 saturated carbocycles. The van der Waals surface area contributed by atoms with Gasteiger partial charge >= 0.3 is 0 Å². The van der Waals surface area contributed by atoms with Crippen LogP contribution in [0.3, 0.4) is 0 Å². The molecule has 0 atom stereocenters. The molecule has 62 valence electrons. The summed E-state index contributed by atoms with van der Waals surface area (Å²) in [7, 11) is 0. The molecule has 0 bridgehead atoms. The van der Waals surface area contributed by atoms with E-state index in [2.05, 4.69) is 33.8 Å². The molecule has 0 saturated heterocycles.